The Bertz CT molecular complexity index is 1090. The van der Waals surface area contributed by atoms with Gasteiger partial charge >= 0.3 is 12.1 Å². The van der Waals surface area contributed by atoms with E-state index in [-0.39, 0.29) is 29.0 Å². The summed E-state index contributed by atoms with van der Waals surface area (Å²) in [6.45, 7) is 2.18. The minimum Gasteiger partial charge on any atom is -0.481 e. The number of carboxylic acids is 1. The van der Waals surface area contributed by atoms with Crippen molar-refractivity contribution in [1.82, 2.24) is 0 Å². The number of amides is 1. The van der Waals surface area contributed by atoms with Gasteiger partial charge in [0.05, 0.1) is 22.9 Å². The maximum Gasteiger partial charge on any atom is 0.392 e. The van der Waals surface area contributed by atoms with Crippen LogP contribution in [-0.4, -0.2) is 28.9 Å². The summed E-state index contributed by atoms with van der Waals surface area (Å²) in [4.78, 5) is 36.1. The van der Waals surface area contributed by atoms with Crippen molar-refractivity contribution < 1.29 is 37.1 Å². The molecule has 2 aromatic rings. The first-order valence-corrected chi connectivity index (χ1v) is 10.8. The normalized spacial score (nSPS) is 16.8. The number of Topliss-reactive ketones (excluding diaryl/α,β-unsaturated/α-hetero) is 1. The highest BCUT2D eigenvalue weighted by Gasteiger charge is 2.46. The van der Waals surface area contributed by atoms with E-state index in [0.717, 1.165) is 19.4 Å². The number of alkyl halides is 3. The van der Waals surface area contributed by atoms with Gasteiger partial charge < -0.3 is 10.4 Å². The molecule has 0 radical (unpaired) electrons. The first-order chi connectivity index (χ1) is 15.8. The Labute approximate surface area is 194 Å². The number of hydrogen-bond donors (Lipinski definition) is 2. The molecule has 0 aromatic heterocycles. The smallest absolute Gasteiger partial charge is 0.392 e. The van der Waals surface area contributed by atoms with E-state index in [1.54, 1.807) is 0 Å². The van der Waals surface area contributed by atoms with Crippen molar-refractivity contribution in [2.45, 2.75) is 51.6 Å². The molecule has 3 rings (SSSR count). The molecule has 2 N–H and O–H groups in total. The number of carboxylic acid groups (broad SMARTS) is 1. The number of carbonyl (C=O) groups excluding carboxylic acids is 2. The molecule has 0 unspecified atom stereocenters. The fourth-order valence-corrected chi connectivity index (χ4v) is 4.23. The number of aliphatic carboxylic acids is 1. The van der Waals surface area contributed by atoms with Gasteiger partial charge in [0, 0.05) is 5.56 Å². The molecule has 1 fully saturated rings. The monoisotopic (exact) mass is 479 g/mol. The highest BCUT2D eigenvalue weighted by Crippen LogP contribution is 2.44. The first-order valence-electron chi connectivity index (χ1n) is 10.8. The SMILES string of the molecule is CC(=O)c1ccc([C@@H](C(=O)Nc2cc(CC3(C(=O)O)CCC3)ccc2F)[C@@H](C)C(F)(F)F)cc1. The van der Waals surface area contributed by atoms with Crippen LogP contribution in [-0.2, 0) is 16.0 Å². The van der Waals surface area contributed by atoms with Crippen LogP contribution in [0.3, 0.4) is 0 Å². The third kappa shape index (κ3) is 5.29. The molecule has 1 aliphatic rings. The van der Waals surface area contributed by atoms with Gasteiger partial charge in [-0.25, -0.2) is 4.39 Å². The molecule has 9 heteroatoms. The molecular formula is C25H25F4NO4. The lowest BCUT2D eigenvalue weighted by atomic mass is 9.65. The Hall–Kier alpha value is -3.23. The second-order valence-electron chi connectivity index (χ2n) is 8.91. The summed E-state index contributed by atoms with van der Waals surface area (Å²) in [6.07, 6.45) is -2.87. The molecule has 1 aliphatic carbocycles. The zero-order valence-corrected chi connectivity index (χ0v) is 18.7. The van der Waals surface area contributed by atoms with E-state index in [4.69, 9.17) is 0 Å². The predicted octanol–water partition coefficient (Wildman–Crippen LogP) is 5.75. The fourth-order valence-electron chi connectivity index (χ4n) is 4.23. The van der Waals surface area contributed by atoms with Crippen molar-refractivity contribution in [2.75, 3.05) is 5.32 Å². The molecule has 2 aromatic carbocycles. The van der Waals surface area contributed by atoms with Gasteiger partial charge in [0.1, 0.15) is 5.82 Å². The van der Waals surface area contributed by atoms with E-state index in [9.17, 15) is 37.1 Å². The number of carbonyl (C=O) groups is 3. The molecule has 182 valence electrons. The molecular weight excluding hydrogens is 454 g/mol. The van der Waals surface area contributed by atoms with Crippen LogP contribution in [0.4, 0.5) is 23.2 Å². The molecule has 0 heterocycles. The Morgan fingerprint density at radius 3 is 2.18 bits per heavy atom. The van der Waals surface area contributed by atoms with Gasteiger partial charge in [-0.3, -0.25) is 14.4 Å². The zero-order valence-electron chi connectivity index (χ0n) is 18.7. The van der Waals surface area contributed by atoms with Gasteiger partial charge in [-0.05, 0) is 49.4 Å². The highest BCUT2D eigenvalue weighted by molar-refractivity contribution is 5.97. The van der Waals surface area contributed by atoms with Gasteiger partial charge in [-0.15, -0.1) is 0 Å². The van der Waals surface area contributed by atoms with Crippen molar-refractivity contribution in [2.24, 2.45) is 11.3 Å². The van der Waals surface area contributed by atoms with Crippen LogP contribution in [0, 0.1) is 17.2 Å². The number of ketones is 1. The van der Waals surface area contributed by atoms with Crippen LogP contribution in [0.15, 0.2) is 42.5 Å². The van der Waals surface area contributed by atoms with Crippen LogP contribution in [0.1, 0.15) is 60.5 Å². The van der Waals surface area contributed by atoms with Crippen LogP contribution in [0.25, 0.3) is 0 Å². The zero-order chi connectivity index (χ0) is 25.3. The minimum absolute atomic E-state index is 0.0307. The van der Waals surface area contributed by atoms with Crippen LogP contribution in [0.5, 0.6) is 0 Å². The van der Waals surface area contributed by atoms with Gasteiger partial charge in [0.2, 0.25) is 5.91 Å². The maximum absolute atomic E-state index is 14.5. The Balaban J connectivity index is 1.90. The standard InChI is InChI=1S/C25H25F4NO4/c1-14(25(27,28)29)21(18-7-5-17(6-8-18)15(2)31)22(32)30-20-12-16(4-9-19(20)26)13-24(23(33)34)10-3-11-24/h4-9,12,14,21H,3,10-11,13H2,1-2H3,(H,30,32)(H,33,34)/t14-,21+/m1/s1. The van der Waals surface area contributed by atoms with E-state index in [1.165, 1.54) is 43.3 Å². The summed E-state index contributed by atoms with van der Waals surface area (Å²) in [5, 5.41) is 11.8. The van der Waals surface area contributed by atoms with Crippen molar-refractivity contribution in [3.63, 3.8) is 0 Å². The molecule has 1 saturated carbocycles. The average molecular weight is 479 g/mol. The molecule has 0 spiro atoms. The topological polar surface area (TPSA) is 83.5 Å². The summed E-state index contributed by atoms with van der Waals surface area (Å²) < 4.78 is 55.2. The highest BCUT2D eigenvalue weighted by atomic mass is 19.4. The number of anilines is 1. The lowest BCUT2D eigenvalue weighted by Gasteiger charge is -2.37. The lowest BCUT2D eigenvalue weighted by molar-refractivity contribution is -0.178. The van der Waals surface area contributed by atoms with Crippen LogP contribution in [0.2, 0.25) is 0 Å². The van der Waals surface area contributed by atoms with Crippen molar-refractivity contribution in [3.8, 4) is 0 Å². The summed E-state index contributed by atoms with van der Waals surface area (Å²) in [7, 11) is 0. The third-order valence-corrected chi connectivity index (χ3v) is 6.57. The van der Waals surface area contributed by atoms with Gasteiger partial charge in [-0.1, -0.05) is 43.7 Å². The third-order valence-electron chi connectivity index (χ3n) is 6.57. The molecule has 1 amide bonds. The number of benzene rings is 2. The Morgan fingerprint density at radius 1 is 1.09 bits per heavy atom. The van der Waals surface area contributed by atoms with E-state index >= 15 is 0 Å². The summed E-state index contributed by atoms with van der Waals surface area (Å²) in [5.74, 6) is -6.93. The van der Waals surface area contributed by atoms with Gasteiger partial charge in [0.15, 0.2) is 5.78 Å². The number of hydrogen-bond acceptors (Lipinski definition) is 3. The van der Waals surface area contributed by atoms with Crippen molar-refractivity contribution in [1.29, 1.82) is 0 Å². The second-order valence-corrected chi connectivity index (χ2v) is 8.91. The van der Waals surface area contributed by atoms with E-state index in [2.05, 4.69) is 5.32 Å². The quantitative estimate of drug-likeness (QED) is 0.373. The summed E-state index contributed by atoms with van der Waals surface area (Å²) in [5.41, 5.74) is -0.495. The first kappa shape index (κ1) is 25.4. The molecule has 34 heavy (non-hydrogen) atoms. The Morgan fingerprint density at radius 2 is 1.71 bits per heavy atom. The van der Waals surface area contributed by atoms with Crippen LogP contribution < -0.4 is 5.32 Å². The summed E-state index contributed by atoms with van der Waals surface area (Å²) in [6, 6.07) is 8.97. The average Bonchev–Trinajstić information content (AvgIpc) is 2.72. The maximum atomic E-state index is 14.5. The number of halogens is 4. The van der Waals surface area contributed by atoms with E-state index in [1.807, 2.05) is 0 Å². The molecule has 0 aliphatic heterocycles. The molecule has 2 atom stereocenters. The lowest BCUT2D eigenvalue weighted by Crippen LogP contribution is -2.39. The second kappa shape index (κ2) is 9.56. The summed E-state index contributed by atoms with van der Waals surface area (Å²) >= 11 is 0. The van der Waals surface area contributed by atoms with Crippen LogP contribution >= 0.6 is 0 Å². The van der Waals surface area contributed by atoms with E-state index in [0.29, 0.717) is 18.4 Å². The molecule has 0 bridgehead atoms. The Kier molecular flexibility index (Phi) is 7.14. The van der Waals surface area contributed by atoms with Gasteiger partial charge in [0.25, 0.3) is 0 Å². The minimum atomic E-state index is -4.71. The van der Waals surface area contributed by atoms with Gasteiger partial charge in [-0.2, -0.15) is 13.2 Å². The molecule has 0 saturated heterocycles. The predicted molar refractivity (Wildman–Crippen MR) is 117 cm³/mol. The number of rotatable bonds is 8. The van der Waals surface area contributed by atoms with Crippen molar-refractivity contribution in [3.05, 3.63) is 65.0 Å². The van der Waals surface area contributed by atoms with E-state index < -0.39 is 41.1 Å². The largest absolute Gasteiger partial charge is 0.481 e. The van der Waals surface area contributed by atoms with Crippen molar-refractivity contribution >= 4 is 23.3 Å². The fraction of sp³-hybridized carbons (Fsp3) is 0.400. The number of nitrogens with one attached hydrogen (secondary N) is 1. The molecule has 5 nitrogen and oxygen atoms in total.